The van der Waals surface area contributed by atoms with Crippen LogP contribution in [0.4, 0.5) is 0 Å². The summed E-state index contributed by atoms with van der Waals surface area (Å²) in [5, 5.41) is 18.8. The van der Waals surface area contributed by atoms with E-state index in [1.165, 1.54) is 10.9 Å². The average Bonchev–Trinajstić information content (AvgIpc) is 3.13. The van der Waals surface area contributed by atoms with Crippen molar-refractivity contribution in [3.05, 3.63) is 11.9 Å². The maximum absolute atomic E-state index is 12.2. The number of nitrogens with one attached hydrogen (secondary N) is 1. The van der Waals surface area contributed by atoms with Gasteiger partial charge in [0.25, 0.3) is 0 Å². The molecule has 0 radical (unpaired) electrons. The van der Waals surface area contributed by atoms with Crippen molar-refractivity contribution in [3.63, 3.8) is 0 Å². The van der Waals surface area contributed by atoms with E-state index >= 15 is 0 Å². The highest BCUT2D eigenvalue weighted by Gasteiger charge is 2.48. The molecule has 114 valence electrons. The second kappa shape index (κ2) is 5.44. The molecule has 2 bridgehead atoms. The van der Waals surface area contributed by atoms with E-state index < -0.39 is 5.97 Å². The molecule has 2 aliphatic rings. The maximum atomic E-state index is 12.2. The number of aromatic carboxylic acids is 1. The first-order chi connectivity index (χ1) is 10.1. The van der Waals surface area contributed by atoms with E-state index in [-0.39, 0.29) is 23.6 Å². The molecule has 2 aliphatic carbocycles. The van der Waals surface area contributed by atoms with Crippen molar-refractivity contribution in [1.29, 1.82) is 0 Å². The third-order valence-electron chi connectivity index (χ3n) is 4.68. The predicted octanol–water partition coefficient (Wildman–Crippen LogP) is -0.534. The molecule has 8 heteroatoms. The fourth-order valence-electron chi connectivity index (χ4n) is 3.64. The lowest BCUT2D eigenvalue weighted by atomic mass is 9.84. The van der Waals surface area contributed by atoms with Crippen LogP contribution in [0.2, 0.25) is 0 Å². The van der Waals surface area contributed by atoms with Gasteiger partial charge in [-0.25, -0.2) is 9.48 Å². The molecular weight excluding hydrogens is 274 g/mol. The first-order valence-electron chi connectivity index (χ1n) is 7.23. The highest BCUT2D eigenvalue weighted by molar-refractivity contribution is 5.84. The van der Waals surface area contributed by atoms with Crippen molar-refractivity contribution in [2.24, 2.45) is 23.5 Å². The van der Waals surface area contributed by atoms with Crippen LogP contribution in [-0.2, 0) is 11.3 Å². The third kappa shape index (κ3) is 2.63. The zero-order valence-electron chi connectivity index (χ0n) is 11.6. The smallest absolute Gasteiger partial charge is 0.358 e. The van der Waals surface area contributed by atoms with E-state index in [1.807, 2.05) is 0 Å². The van der Waals surface area contributed by atoms with E-state index in [0.717, 1.165) is 19.3 Å². The lowest BCUT2D eigenvalue weighted by Gasteiger charge is -2.26. The normalized spacial score (nSPS) is 30.5. The van der Waals surface area contributed by atoms with Gasteiger partial charge in [0.2, 0.25) is 5.91 Å². The Morgan fingerprint density at radius 3 is 2.81 bits per heavy atom. The van der Waals surface area contributed by atoms with Gasteiger partial charge in [-0.15, -0.1) is 5.10 Å². The van der Waals surface area contributed by atoms with Gasteiger partial charge in [-0.3, -0.25) is 4.79 Å². The zero-order valence-corrected chi connectivity index (χ0v) is 11.6. The summed E-state index contributed by atoms with van der Waals surface area (Å²) >= 11 is 0. The van der Waals surface area contributed by atoms with E-state index in [0.29, 0.717) is 24.9 Å². The summed E-state index contributed by atoms with van der Waals surface area (Å²) in [4.78, 5) is 22.9. The lowest BCUT2D eigenvalue weighted by molar-refractivity contribution is -0.127. The van der Waals surface area contributed by atoms with Gasteiger partial charge in [0.1, 0.15) is 0 Å². The highest BCUT2D eigenvalue weighted by Crippen LogP contribution is 2.47. The molecule has 4 unspecified atom stereocenters. The maximum Gasteiger partial charge on any atom is 0.358 e. The van der Waals surface area contributed by atoms with Gasteiger partial charge in [-0.2, -0.15) is 0 Å². The fourth-order valence-corrected chi connectivity index (χ4v) is 3.64. The summed E-state index contributed by atoms with van der Waals surface area (Å²) in [6, 6.07) is -0.0197. The summed E-state index contributed by atoms with van der Waals surface area (Å²) in [5.41, 5.74) is 6.03. The molecule has 1 aromatic heterocycles. The number of carboxylic acids is 1. The standard InChI is InChI=1S/C13H19N5O3/c14-11-8-2-1-7(5-8)10(11)12(19)15-3-4-18-6-9(13(20)21)16-17-18/h6-8,10-11H,1-5,14H2,(H,15,19)(H,20,21). The first kappa shape index (κ1) is 14.0. The topological polar surface area (TPSA) is 123 Å². The number of aromatic nitrogens is 3. The van der Waals surface area contributed by atoms with Crippen LogP contribution in [0.15, 0.2) is 6.20 Å². The predicted molar refractivity (Wildman–Crippen MR) is 72.3 cm³/mol. The average molecular weight is 293 g/mol. The van der Waals surface area contributed by atoms with Crippen molar-refractivity contribution in [3.8, 4) is 0 Å². The van der Waals surface area contributed by atoms with E-state index in [9.17, 15) is 9.59 Å². The SMILES string of the molecule is NC1C2CCC(C2)C1C(=O)NCCn1cc(C(=O)O)nn1. The Morgan fingerprint density at radius 1 is 1.43 bits per heavy atom. The largest absolute Gasteiger partial charge is 0.476 e. The van der Waals surface area contributed by atoms with Crippen molar-refractivity contribution >= 4 is 11.9 Å². The van der Waals surface area contributed by atoms with Gasteiger partial charge in [0.15, 0.2) is 5.69 Å². The Hall–Kier alpha value is -1.96. The van der Waals surface area contributed by atoms with Crippen LogP contribution in [0, 0.1) is 17.8 Å². The molecule has 4 atom stereocenters. The number of rotatable bonds is 5. The van der Waals surface area contributed by atoms with Crippen LogP contribution in [0.3, 0.4) is 0 Å². The Labute approximate surface area is 121 Å². The van der Waals surface area contributed by atoms with Gasteiger partial charge >= 0.3 is 5.97 Å². The summed E-state index contributed by atoms with van der Waals surface area (Å²) in [6.07, 6.45) is 4.66. The summed E-state index contributed by atoms with van der Waals surface area (Å²) in [7, 11) is 0. The van der Waals surface area contributed by atoms with Crippen LogP contribution < -0.4 is 11.1 Å². The number of carboxylic acid groups (broad SMARTS) is 1. The molecular formula is C13H19N5O3. The molecule has 4 N–H and O–H groups in total. The number of carbonyl (C=O) groups is 2. The molecule has 1 amide bonds. The fraction of sp³-hybridized carbons (Fsp3) is 0.692. The quantitative estimate of drug-likeness (QED) is 0.670. The monoisotopic (exact) mass is 293 g/mol. The number of fused-ring (bicyclic) bond motifs is 2. The van der Waals surface area contributed by atoms with Crippen LogP contribution in [0.5, 0.6) is 0 Å². The molecule has 2 fully saturated rings. The molecule has 21 heavy (non-hydrogen) atoms. The van der Waals surface area contributed by atoms with Crippen molar-refractivity contribution in [2.75, 3.05) is 6.54 Å². The summed E-state index contributed by atoms with van der Waals surface area (Å²) in [5.74, 6) is -0.255. The van der Waals surface area contributed by atoms with Crippen LogP contribution in [-0.4, -0.2) is 44.6 Å². The molecule has 1 aromatic rings. The minimum atomic E-state index is -1.11. The minimum Gasteiger partial charge on any atom is -0.476 e. The molecule has 3 rings (SSSR count). The number of hydrogen-bond donors (Lipinski definition) is 3. The van der Waals surface area contributed by atoms with Gasteiger partial charge in [0.05, 0.1) is 18.7 Å². The number of nitrogens with two attached hydrogens (primary N) is 1. The Bertz CT molecular complexity index is 556. The molecule has 0 aliphatic heterocycles. The van der Waals surface area contributed by atoms with Gasteiger partial charge in [-0.05, 0) is 31.1 Å². The van der Waals surface area contributed by atoms with Crippen LogP contribution in [0.1, 0.15) is 29.8 Å². The summed E-state index contributed by atoms with van der Waals surface area (Å²) < 4.78 is 1.41. The van der Waals surface area contributed by atoms with Gasteiger partial charge < -0.3 is 16.2 Å². The van der Waals surface area contributed by atoms with E-state index in [1.54, 1.807) is 0 Å². The molecule has 2 saturated carbocycles. The van der Waals surface area contributed by atoms with Gasteiger partial charge in [0, 0.05) is 12.6 Å². The Morgan fingerprint density at radius 2 is 2.19 bits per heavy atom. The number of carbonyl (C=O) groups excluding carboxylic acids is 1. The number of nitrogens with zero attached hydrogens (tertiary/aromatic N) is 3. The summed E-state index contributed by atoms with van der Waals surface area (Å²) in [6.45, 7) is 0.782. The molecule has 0 saturated heterocycles. The molecule has 1 heterocycles. The molecule has 0 aromatic carbocycles. The van der Waals surface area contributed by atoms with Crippen LogP contribution in [0.25, 0.3) is 0 Å². The molecule has 0 spiro atoms. The number of amides is 1. The second-order valence-corrected chi connectivity index (χ2v) is 5.90. The lowest BCUT2D eigenvalue weighted by Crippen LogP contribution is -2.45. The van der Waals surface area contributed by atoms with Crippen molar-refractivity contribution in [1.82, 2.24) is 20.3 Å². The van der Waals surface area contributed by atoms with Gasteiger partial charge in [-0.1, -0.05) is 5.21 Å². The second-order valence-electron chi connectivity index (χ2n) is 5.90. The Balaban J connectivity index is 1.49. The van der Waals surface area contributed by atoms with Crippen molar-refractivity contribution < 1.29 is 14.7 Å². The molecule has 8 nitrogen and oxygen atoms in total. The Kier molecular flexibility index (Phi) is 3.62. The first-order valence-corrected chi connectivity index (χ1v) is 7.23. The highest BCUT2D eigenvalue weighted by atomic mass is 16.4. The zero-order chi connectivity index (χ0) is 15.0. The van der Waals surface area contributed by atoms with Crippen molar-refractivity contribution in [2.45, 2.75) is 31.8 Å². The van der Waals surface area contributed by atoms with E-state index in [4.69, 9.17) is 10.8 Å². The number of hydrogen-bond acceptors (Lipinski definition) is 5. The third-order valence-corrected chi connectivity index (χ3v) is 4.68. The minimum absolute atomic E-state index is 0.00766. The van der Waals surface area contributed by atoms with E-state index in [2.05, 4.69) is 15.6 Å². The van der Waals surface area contributed by atoms with Crippen LogP contribution >= 0.6 is 0 Å².